The lowest BCUT2D eigenvalue weighted by Gasteiger charge is -2.28. The standard InChI is InChI=1S/C94H68N2/c1-3-15-69-55-75(41-35-65(69)13-1)95-89-19-7-5-17-81(89)83-57-71(39-47-91(83)95)67-31-25-61(26-32-67)21-23-63-29-43-77-79-45-37-73(59-87(79)93(85(77)53-63)49-9-10-50-93)74-38-46-80-78-44-30-64(54-86(78)94(88(80)60-74)51-11-12-52-94)24-22-62-27-33-68(34-28-62)72-40-48-92-84(58-72)82-18-6-8-20-90(82)96(92)76-42-36-66-14-2-4-16-70(66)56-76/h1-8,13-48,53-60H,9-12,49-52H2/b23-21+,24-22+. The molecule has 96 heavy (non-hydrogen) atoms. The Kier molecular flexibility index (Phi) is 12.4. The molecule has 2 spiro atoms. The SMILES string of the molecule is C(=C\c1ccc2c(c1)C1(CCCC1)c1cc(-c3ccc4c(c3)C3(CCCC3)c3cc(/C=C/c5ccc(-c6ccc7c(c6)c6ccccc6n7-c6ccc7ccccc7c6)cc5)ccc3-4)ccc1-2)/c1ccc(-c2ccc3c(c2)c2ccccc2n3-c2ccc3ccccc3c2)cc1. The van der Waals surface area contributed by atoms with E-state index in [1.165, 1.54) is 228 Å². The van der Waals surface area contributed by atoms with Gasteiger partial charge in [0.05, 0.1) is 22.1 Å². The highest BCUT2D eigenvalue weighted by Gasteiger charge is 2.47. The van der Waals surface area contributed by atoms with E-state index in [0.717, 1.165) is 0 Å². The summed E-state index contributed by atoms with van der Waals surface area (Å²) in [5, 5.41) is 10.1. The maximum absolute atomic E-state index is 2.60. The molecule has 2 heteroatoms. The highest BCUT2D eigenvalue weighted by atomic mass is 15.0. The van der Waals surface area contributed by atoms with Gasteiger partial charge in [0, 0.05) is 43.7 Å². The molecule has 0 bridgehead atoms. The second-order valence-corrected chi connectivity index (χ2v) is 27.9. The average Bonchev–Trinajstić information content (AvgIpc) is 1.56. The molecule has 0 unspecified atom stereocenters. The van der Waals surface area contributed by atoms with Crippen LogP contribution in [0.5, 0.6) is 0 Å². The summed E-state index contributed by atoms with van der Waals surface area (Å²) in [7, 11) is 0. The molecule has 4 aliphatic carbocycles. The summed E-state index contributed by atoms with van der Waals surface area (Å²) in [5.74, 6) is 0. The summed E-state index contributed by atoms with van der Waals surface area (Å²) >= 11 is 0. The quantitative estimate of drug-likeness (QED) is 0.128. The van der Waals surface area contributed by atoms with E-state index in [9.17, 15) is 0 Å². The molecule has 0 saturated heterocycles. The smallest absolute Gasteiger partial charge is 0.0541 e. The Morgan fingerprint density at radius 3 is 0.990 bits per heavy atom. The number of aromatic nitrogens is 2. The lowest BCUT2D eigenvalue weighted by Crippen LogP contribution is -2.21. The third kappa shape index (κ3) is 8.64. The van der Waals surface area contributed by atoms with Crippen molar-refractivity contribution in [2.45, 2.75) is 62.2 Å². The fourth-order valence-electron chi connectivity index (χ4n) is 18.1. The summed E-state index contributed by atoms with van der Waals surface area (Å²) in [5.41, 5.74) is 31.6. The van der Waals surface area contributed by atoms with Crippen LogP contribution in [0, 0.1) is 0 Å². The first-order chi connectivity index (χ1) is 47.5. The highest BCUT2D eigenvalue weighted by molar-refractivity contribution is 6.12. The molecular formula is C94H68N2. The first-order valence-electron chi connectivity index (χ1n) is 34.7. The predicted molar refractivity (Wildman–Crippen MR) is 407 cm³/mol. The van der Waals surface area contributed by atoms with E-state index in [-0.39, 0.29) is 10.8 Å². The van der Waals surface area contributed by atoms with Crippen molar-refractivity contribution in [1.29, 1.82) is 0 Å². The molecule has 0 aliphatic heterocycles. The van der Waals surface area contributed by atoms with E-state index in [2.05, 4.69) is 325 Å². The molecule has 454 valence electrons. The van der Waals surface area contributed by atoms with Crippen LogP contribution in [0.3, 0.4) is 0 Å². The van der Waals surface area contributed by atoms with Crippen molar-refractivity contribution in [3.05, 3.63) is 336 Å². The molecule has 20 rings (SSSR count). The topological polar surface area (TPSA) is 9.86 Å². The van der Waals surface area contributed by atoms with Gasteiger partial charge in [-0.2, -0.15) is 0 Å². The zero-order chi connectivity index (χ0) is 63.1. The van der Waals surface area contributed by atoms with Crippen molar-refractivity contribution in [1.82, 2.24) is 9.13 Å². The predicted octanol–water partition coefficient (Wildman–Crippen LogP) is 25.2. The highest BCUT2D eigenvalue weighted by Crippen LogP contribution is 2.60. The van der Waals surface area contributed by atoms with Crippen molar-refractivity contribution in [3.8, 4) is 67.0 Å². The number of hydrogen-bond donors (Lipinski definition) is 0. The van der Waals surface area contributed by atoms with Gasteiger partial charge in [-0.1, -0.05) is 268 Å². The van der Waals surface area contributed by atoms with Gasteiger partial charge in [0.25, 0.3) is 0 Å². The van der Waals surface area contributed by atoms with Crippen LogP contribution in [0.2, 0.25) is 0 Å². The van der Waals surface area contributed by atoms with Gasteiger partial charge in [-0.3, -0.25) is 0 Å². The van der Waals surface area contributed by atoms with Gasteiger partial charge in [-0.15, -0.1) is 0 Å². The Balaban J connectivity index is 0.547. The van der Waals surface area contributed by atoms with Crippen LogP contribution in [-0.4, -0.2) is 9.13 Å². The Hall–Kier alpha value is -11.3. The Labute approximate surface area is 560 Å². The van der Waals surface area contributed by atoms with Gasteiger partial charge in [-0.25, -0.2) is 0 Å². The molecular weight excluding hydrogens is 1160 g/mol. The first kappa shape index (κ1) is 55.2. The van der Waals surface area contributed by atoms with Gasteiger partial charge in [0.15, 0.2) is 0 Å². The Morgan fingerprint density at radius 1 is 0.229 bits per heavy atom. The monoisotopic (exact) mass is 1220 g/mol. The molecule has 2 aromatic heterocycles. The fourth-order valence-corrected chi connectivity index (χ4v) is 18.1. The van der Waals surface area contributed by atoms with Gasteiger partial charge < -0.3 is 9.13 Å². The molecule has 0 radical (unpaired) electrons. The van der Waals surface area contributed by atoms with E-state index in [0.29, 0.717) is 0 Å². The minimum atomic E-state index is 0.0406. The third-order valence-electron chi connectivity index (χ3n) is 22.8. The van der Waals surface area contributed by atoms with Crippen LogP contribution in [0.4, 0.5) is 0 Å². The first-order valence-corrected chi connectivity index (χ1v) is 34.7. The van der Waals surface area contributed by atoms with Crippen LogP contribution < -0.4 is 0 Å². The van der Waals surface area contributed by atoms with Crippen molar-refractivity contribution < 1.29 is 0 Å². The molecule has 2 saturated carbocycles. The van der Waals surface area contributed by atoms with E-state index < -0.39 is 0 Å². The van der Waals surface area contributed by atoms with Crippen molar-refractivity contribution in [3.63, 3.8) is 0 Å². The third-order valence-corrected chi connectivity index (χ3v) is 22.8. The number of para-hydroxylation sites is 2. The normalized spacial score (nSPS) is 15.0. The van der Waals surface area contributed by atoms with Gasteiger partial charge in [-0.05, 0) is 220 Å². The second-order valence-electron chi connectivity index (χ2n) is 27.9. The molecule has 14 aromatic carbocycles. The summed E-state index contributed by atoms with van der Waals surface area (Å²) in [6, 6.07) is 110. The maximum Gasteiger partial charge on any atom is 0.0541 e. The van der Waals surface area contributed by atoms with Gasteiger partial charge in [0.2, 0.25) is 0 Å². The summed E-state index contributed by atoms with van der Waals surface area (Å²) in [6.07, 6.45) is 19.1. The number of hydrogen-bond acceptors (Lipinski definition) is 0. The molecule has 2 fully saturated rings. The van der Waals surface area contributed by atoms with Crippen LogP contribution in [0.1, 0.15) is 95.9 Å². The second kappa shape index (κ2) is 21.6. The van der Waals surface area contributed by atoms with Gasteiger partial charge in [0.1, 0.15) is 0 Å². The minimum Gasteiger partial charge on any atom is -0.309 e. The maximum atomic E-state index is 2.60. The Morgan fingerprint density at radius 2 is 0.552 bits per heavy atom. The molecule has 0 N–H and O–H groups in total. The zero-order valence-corrected chi connectivity index (χ0v) is 53.6. The molecule has 0 amide bonds. The van der Waals surface area contributed by atoms with E-state index in [1.54, 1.807) is 0 Å². The van der Waals surface area contributed by atoms with Crippen molar-refractivity contribution in [2.75, 3.05) is 0 Å². The molecule has 0 atom stereocenters. The van der Waals surface area contributed by atoms with E-state index in [4.69, 9.17) is 0 Å². The molecule has 2 heterocycles. The largest absolute Gasteiger partial charge is 0.309 e. The Bertz CT molecular complexity index is 5580. The lowest BCUT2D eigenvalue weighted by molar-refractivity contribution is 0.549. The number of benzene rings is 14. The fraction of sp³-hybridized carbons (Fsp3) is 0.106. The van der Waals surface area contributed by atoms with Crippen LogP contribution in [-0.2, 0) is 10.8 Å². The number of rotatable bonds is 9. The van der Waals surface area contributed by atoms with Crippen LogP contribution >= 0.6 is 0 Å². The summed E-state index contributed by atoms with van der Waals surface area (Å²) in [6.45, 7) is 0. The molecule has 2 nitrogen and oxygen atoms in total. The van der Waals surface area contributed by atoms with Crippen molar-refractivity contribution in [2.24, 2.45) is 0 Å². The van der Waals surface area contributed by atoms with E-state index in [1.807, 2.05) is 0 Å². The van der Waals surface area contributed by atoms with Crippen molar-refractivity contribution >= 4 is 89.5 Å². The van der Waals surface area contributed by atoms with Crippen LogP contribution in [0.25, 0.3) is 156 Å². The van der Waals surface area contributed by atoms with E-state index >= 15 is 0 Å². The van der Waals surface area contributed by atoms with Crippen LogP contribution in [0.15, 0.2) is 291 Å². The number of fused-ring (bicyclic) bond motifs is 18. The summed E-state index contributed by atoms with van der Waals surface area (Å²) < 4.78 is 4.83. The number of nitrogens with zero attached hydrogens (tertiary/aromatic N) is 2. The lowest BCUT2D eigenvalue weighted by atomic mass is 9.75. The average molecular weight is 1230 g/mol. The zero-order valence-electron chi connectivity index (χ0n) is 53.6. The molecule has 16 aromatic rings. The molecule has 4 aliphatic rings. The minimum absolute atomic E-state index is 0.0406. The summed E-state index contributed by atoms with van der Waals surface area (Å²) in [4.78, 5) is 0. The van der Waals surface area contributed by atoms with Gasteiger partial charge >= 0.3 is 0 Å².